The van der Waals surface area contributed by atoms with Gasteiger partial charge in [0.2, 0.25) is 0 Å². The summed E-state index contributed by atoms with van der Waals surface area (Å²) in [7, 11) is 0. The Morgan fingerprint density at radius 2 is 1.67 bits per heavy atom. The molecule has 0 spiro atoms. The lowest BCUT2D eigenvalue weighted by atomic mass is 10.0. The van der Waals surface area contributed by atoms with Crippen LogP contribution in [0, 0.1) is 6.92 Å². The molecule has 0 unspecified atom stereocenters. The molecule has 1 fully saturated rings. The molecule has 1 aliphatic heterocycles. The van der Waals surface area contributed by atoms with E-state index in [2.05, 4.69) is 4.90 Å². The molecule has 33 heavy (non-hydrogen) atoms. The summed E-state index contributed by atoms with van der Waals surface area (Å²) in [4.78, 5) is 28.5. The minimum absolute atomic E-state index is 0. The van der Waals surface area contributed by atoms with E-state index in [1.807, 2.05) is 44.2 Å². The third-order valence-corrected chi connectivity index (χ3v) is 5.82. The van der Waals surface area contributed by atoms with E-state index >= 15 is 0 Å². The van der Waals surface area contributed by atoms with Crippen molar-refractivity contribution in [3.63, 3.8) is 0 Å². The molecule has 0 bridgehead atoms. The second kappa shape index (κ2) is 11.2. The van der Waals surface area contributed by atoms with Crippen molar-refractivity contribution in [3.8, 4) is 11.3 Å². The lowest BCUT2D eigenvalue weighted by Gasteiger charge is -2.34. The van der Waals surface area contributed by atoms with Crippen molar-refractivity contribution in [1.29, 1.82) is 0 Å². The zero-order valence-corrected chi connectivity index (χ0v) is 20.9. The van der Waals surface area contributed by atoms with E-state index in [0.717, 1.165) is 18.7 Å². The predicted molar refractivity (Wildman–Crippen MR) is 137 cm³/mol. The number of benzene rings is 2. The Hall–Kier alpha value is -2.34. The number of esters is 1. The quantitative estimate of drug-likeness (QED) is 0.407. The van der Waals surface area contributed by atoms with Crippen molar-refractivity contribution in [2.24, 2.45) is 0 Å². The van der Waals surface area contributed by atoms with Crippen LogP contribution in [0.2, 0.25) is 0 Å². The highest BCUT2D eigenvalue weighted by Gasteiger charge is 2.29. The molecular formula is C26H31Cl2NO4. The van der Waals surface area contributed by atoms with Crippen LogP contribution in [0.5, 0.6) is 0 Å². The zero-order valence-electron chi connectivity index (χ0n) is 19.3. The van der Waals surface area contributed by atoms with Crippen molar-refractivity contribution in [1.82, 2.24) is 4.90 Å². The second-order valence-electron chi connectivity index (χ2n) is 8.92. The maximum Gasteiger partial charge on any atom is 0.342 e. The molecule has 0 amide bonds. The van der Waals surface area contributed by atoms with Crippen molar-refractivity contribution >= 4 is 41.8 Å². The summed E-state index contributed by atoms with van der Waals surface area (Å²) >= 11 is 0. The largest absolute Gasteiger partial charge is 0.455 e. The number of halogens is 2. The lowest BCUT2D eigenvalue weighted by Crippen LogP contribution is -2.44. The highest BCUT2D eigenvalue weighted by molar-refractivity contribution is 6.02. The fourth-order valence-corrected chi connectivity index (χ4v) is 4.33. The van der Waals surface area contributed by atoms with Gasteiger partial charge in [-0.15, -0.1) is 24.8 Å². The lowest BCUT2D eigenvalue weighted by molar-refractivity contribution is -0.0187. The molecule has 1 saturated heterocycles. The first-order valence-corrected chi connectivity index (χ1v) is 10.9. The molecule has 4 rings (SSSR count). The molecule has 0 aliphatic carbocycles. The van der Waals surface area contributed by atoms with Gasteiger partial charge >= 0.3 is 5.97 Å². The zero-order chi connectivity index (χ0) is 22.0. The Bertz CT molecular complexity index is 1150. The van der Waals surface area contributed by atoms with E-state index in [0.29, 0.717) is 23.3 Å². The monoisotopic (exact) mass is 491 g/mol. The predicted octanol–water partition coefficient (Wildman–Crippen LogP) is 6.03. The number of rotatable bonds is 5. The van der Waals surface area contributed by atoms with E-state index in [1.54, 1.807) is 25.1 Å². The van der Waals surface area contributed by atoms with Gasteiger partial charge < -0.3 is 9.15 Å². The Morgan fingerprint density at radius 3 is 2.33 bits per heavy atom. The number of carbonyl (C=O) groups excluding carboxylic acids is 1. The summed E-state index contributed by atoms with van der Waals surface area (Å²) in [5, 5.41) is 0.389. The van der Waals surface area contributed by atoms with E-state index in [9.17, 15) is 9.59 Å². The third kappa shape index (κ3) is 5.97. The van der Waals surface area contributed by atoms with Crippen LogP contribution >= 0.6 is 24.8 Å². The van der Waals surface area contributed by atoms with E-state index in [4.69, 9.17) is 9.15 Å². The molecule has 0 radical (unpaired) electrons. The van der Waals surface area contributed by atoms with Gasteiger partial charge in [0.25, 0.3) is 0 Å². The van der Waals surface area contributed by atoms with Gasteiger partial charge in [-0.1, -0.05) is 42.8 Å². The van der Waals surface area contributed by atoms with Crippen LogP contribution in [0.1, 0.15) is 49.0 Å². The van der Waals surface area contributed by atoms with Gasteiger partial charge in [0.1, 0.15) is 16.9 Å². The molecule has 7 heteroatoms. The maximum absolute atomic E-state index is 13.2. The first-order chi connectivity index (χ1) is 14.9. The summed E-state index contributed by atoms with van der Waals surface area (Å²) in [6, 6.07) is 14.5. The summed E-state index contributed by atoms with van der Waals surface area (Å²) in [6.07, 6.45) is 3.62. The molecule has 1 aromatic heterocycles. The van der Waals surface area contributed by atoms with Gasteiger partial charge in [-0.3, -0.25) is 9.69 Å². The van der Waals surface area contributed by atoms with Gasteiger partial charge in [0.15, 0.2) is 11.0 Å². The fraction of sp³-hybridized carbons (Fsp3) is 0.385. The Labute approximate surface area is 206 Å². The summed E-state index contributed by atoms with van der Waals surface area (Å²) < 4.78 is 12.1. The van der Waals surface area contributed by atoms with Crippen LogP contribution in [0.3, 0.4) is 0 Å². The highest BCUT2D eigenvalue weighted by atomic mass is 35.5. The molecule has 0 atom stereocenters. The van der Waals surface area contributed by atoms with Crippen LogP contribution in [0.25, 0.3) is 22.3 Å². The molecule has 2 aromatic carbocycles. The SMILES string of the molecule is Cc1c(-c2ccccc2)oc2c(C(=O)OC(C)(C)CN3CCCCC3)cccc2c1=O.Cl.Cl. The molecule has 3 aromatic rings. The summed E-state index contributed by atoms with van der Waals surface area (Å²) in [5.41, 5.74) is 1.09. The summed E-state index contributed by atoms with van der Waals surface area (Å²) in [6.45, 7) is 8.36. The van der Waals surface area contributed by atoms with E-state index in [-0.39, 0.29) is 41.4 Å². The fourth-order valence-electron chi connectivity index (χ4n) is 4.33. The van der Waals surface area contributed by atoms with Crippen molar-refractivity contribution in [2.45, 2.75) is 45.6 Å². The maximum atomic E-state index is 13.2. The van der Waals surface area contributed by atoms with Crippen molar-refractivity contribution in [3.05, 3.63) is 69.9 Å². The highest BCUT2D eigenvalue weighted by Crippen LogP contribution is 2.28. The molecule has 1 aliphatic rings. The van der Waals surface area contributed by atoms with Gasteiger partial charge in [-0.05, 0) is 58.8 Å². The Kier molecular flexibility index (Phi) is 9.12. The van der Waals surface area contributed by atoms with Crippen LogP contribution in [-0.2, 0) is 4.74 Å². The molecule has 0 N–H and O–H groups in total. The van der Waals surface area contributed by atoms with Crippen LogP contribution in [0.15, 0.2) is 57.7 Å². The van der Waals surface area contributed by atoms with Gasteiger partial charge in [-0.2, -0.15) is 0 Å². The normalized spacial score (nSPS) is 14.3. The molecule has 2 heterocycles. The Balaban J connectivity index is 0.00000193. The van der Waals surface area contributed by atoms with Crippen molar-refractivity contribution in [2.75, 3.05) is 19.6 Å². The van der Waals surface area contributed by atoms with Crippen LogP contribution in [-0.4, -0.2) is 36.1 Å². The first kappa shape index (κ1) is 26.9. The average molecular weight is 492 g/mol. The van der Waals surface area contributed by atoms with E-state index < -0.39 is 11.6 Å². The third-order valence-electron chi connectivity index (χ3n) is 5.82. The number of fused-ring (bicyclic) bond motifs is 1. The number of piperidine rings is 1. The molecule has 178 valence electrons. The van der Waals surface area contributed by atoms with Gasteiger partial charge in [-0.25, -0.2) is 4.79 Å². The summed E-state index contributed by atoms with van der Waals surface area (Å²) in [5.74, 6) is 0.00421. The minimum atomic E-state index is -0.649. The number of carbonyl (C=O) groups is 1. The number of nitrogens with zero attached hydrogens (tertiary/aromatic N) is 1. The van der Waals surface area contributed by atoms with E-state index in [1.165, 1.54) is 19.3 Å². The number of ether oxygens (including phenoxy) is 1. The first-order valence-electron chi connectivity index (χ1n) is 10.9. The van der Waals surface area contributed by atoms with Crippen molar-refractivity contribution < 1.29 is 13.9 Å². The minimum Gasteiger partial charge on any atom is -0.455 e. The molecular weight excluding hydrogens is 461 g/mol. The van der Waals surface area contributed by atoms with Gasteiger partial charge in [0, 0.05) is 17.7 Å². The number of hydrogen-bond acceptors (Lipinski definition) is 5. The number of para-hydroxylation sites is 1. The van der Waals surface area contributed by atoms with Crippen LogP contribution < -0.4 is 5.43 Å². The number of hydrogen-bond donors (Lipinski definition) is 0. The topological polar surface area (TPSA) is 59.8 Å². The smallest absolute Gasteiger partial charge is 0.342 e. The Morgan fingerprint density at radius 1 is 1.00 bits per heavy atom. The van der Waals surface area contributed by atoms with Crippen LogP contribution in [0.4, 0.5) is 0 Å². The second-order valence-corrected chi connectivity index (χ2v) is 8.92. The molecule has 5 nitrogen and oxygen atoms in total. The molecule has 0 saturated carbocycles. The van der Waals surface area contributed by atoms with Gasteiger partial charge in [0.05, 0.1) is 5.39 Å². The number of likely N-dealkylation sites (tertiary alicyclic amines) is 1. The average Bonchev–Trinajstić information content (AvgIpc) is 2.76. The standard InChI is InChI=1S/C26H29NO4.2ClH/c1-18-22(28)20-13-10-14-21(24(20)30-23(18)19-11-6-4-7-12-19)25(29)31-26(2,3)17-27-15-8-5-9-16-27;;/h4,6-7,10-14H,5,8-9,15-17H2,1-3H3;2*1H.